The molecule has 1 unspecified atom stereocenters. The number of aryl methyl sites for hydroxylation is 2. The maximum atomic E-state index is 13.3. The number of ketones is 1. The standard InChI is InChI=1S/C28H23F3N2O3/c29-28(30,31)21-9-5-6-17(14-21)16-33-24(22-10-3-4-13-32-22)23(26(35)27(33)36)25(34)20-12-11-18-7-1-2-8-19(18)15-20/h3-6,9-15,24,34H,1-2,7-8,16H2/b25-23-. The van der Waals surface area contributed by atoms with Crippen molar-refractivity contribution < 1.29 is 27.9 Å². The third-order valence-electron chi connectivity index (χ3n) is 6.74. The third kappa shape index (κ3) is 4.39. The van der Waals surface area contributed by atoms with Crippen molar-refractivity contribution in [2.24, 2.45) is 0 Å². The van der Waals surface area contributed by atoms with Crippen LogP contribution >= 0.6 is 0 Å². The number of alkyl halides is 3. The van der Waals surface area contributed by atoms with Crippen LogP contribution < -0.4 is 0 Å². The monoisotopic (exact) mass is 492 g/mol. The van der Waals surface area contributed by atoms with Gasteiger partial charge in [-0.05, 0) is 72.7 Å². The van der Waals surface area contributed by atoms with Crippen molar-refractivity contribution >= 4 is 17.4 Å². The SMILES string of the molecule is O=C1C(=O)N(Cc2cccc(C(F)(F)F)c2)C(c2ccccn2)/C1=C(/O)c1ccc2c(c1)CCCC2. The molecule has 184 valence electrons. The maximum Gasteiger partial charge on any atom is 0.416 e. The zero-order valence-corrected chi connectivity index (χ0v) is 19.3. The Bertz CT molecular complexity index is 1370. The molecule has 1 aliphatic heterocycles. The van der Waals surface area contributed by atoms with Gasteiger partial charge in [0.1, 0.15) is 11.8 Å². The summed E-state index contributed by atoms with van der Waals surface area (Å²) < 4.78 is 39.8. The van der Waals surface area contributed by atoms with Crippen molar-refractivity contribution in [3.05, 3.63) is 106 Å². The molecule has 0 bridgehead atoms. The van der Waals surface area contributed by atoms with E-state index in [4.69, 9.17) is 0 Å². The van der Waals surface area contributed by atoms with E-state index < -0.39 is 29.5 Å². The Morgan fingerprint density at radius 3 is 2.47 bits per heavy atom. The van der Waals surface area contributed by atoms with Crippen molar-refractivity contribution in [2.75, 3.05) is 0 Å². The number of aromatic nitrogens is 1. The number of hydrogen-bond donors (Lipinski definition) is 1. The first-order valence-corrected chi connectivity index (χ1v) is 11.7. The number of amides is 1. The van der Waals surface area contributed by atoms with E-state index in [0.29, 0.717) is 11.3 Å². The number of Topliss-reactive ketones (excluding diaryl/α,β-unsaturated/α-hetero) is 1. The summed E-state index contributed by atoms with van der Waals surface area (Å²) in [6, 6.07) is 14.1. The molecule has 8 heteroatoms. The smallest absolute Gasteiger partial charge is 0.416 e. The summed E-state index contributed by atoms with van der Waals surface area (Å²) in [7, 11) is 0. The minimum Gasteiger partial charge on any atom is -0.507 e. The molecule has 1 N–H and O–H groups in total. The van der Waals surface area contributed by atoms with Gasteiger partial charge < -0.3 is 10.0 Å². The van der Waals surface area contributed by atoms with Gasteiger partial charge >= 0.3 is 6.18 Å². The lowest BCUT2D eigenvalue weighted by Gasteiger charge is -2.25. The van der Waals surface area contributed by atoms with Crippen LogP contribution in [0.3, 0.4) is 0 Å². The van der Waals surface area contributed by atoms with E-state index in [-0.39, 0.29) is 23.4 Å². The van der Waals surface area contributed by atoms with Crippen LogP contribution in [0, 0.1) is 0 Å². The number of pyridine rings is 1. The first-order chi connectivity index (χ1) is 17.2. The Labute approximate surface area is 205 Å². The van der Waals surface area contributed by atoms with E-state index in [1.54, 1.807) is 24.3 Å². The quantitative estimate of drug-likeness (QED) is 0.292. The van der Waals surface area contributed by atoms with Gasteiger partial charge in [0.2, 0.25) is 0 Å². The summed E-state index contributed by atoms with van der Waals surface area (Å²) in [5.74, 6) is -2.11. The molecule has 36 heavy (non-hydrogen) atoms. The number of aliphatic hydroxyl groups excluding tert-OH is 1. The Morgan fingerprint density at radius 2 is 1.75 bits per heavy atom. The molecule has 5 nitrogen and oxygen atoms in total. The maximum absolute atomic E-state index is 13.3. The highest BCUT2D eigenvalue weighted by molar-refractivity contribution is 6.46. The zero-order valence-electron chi connectivity index (χ0n) is 19.3. The molecule has 0 saturated carbocycles. The van der Waals surface area contributed by atoms with Crippen molar-refractivity contribution in [3.8, 4) is 0 Å². The summed E-state index contributed by atoms with van der Waals surface area (Å²) in [5, 5.41) is 11.3. The second-order valence-electron chi connectivity index (χ2n) is 9.07. The molecule has 1 aliphatic carbocycles. The topological polar surface area (TPSA) is 70.5 Å². The van der Waals surface area contributed by atoms with Crippen molar-refractivity contribution in [2.45, 2.75) is 44.4 Å². The summed E-state index contributed by atoms with van der Waals surface area (Å²) >= 11 is 0. The van der Waals surface area contributed by atoms with Crippen LogP contribution in [0.2, 0.25) is 0 Å². The summed E-state index contributed by atoms with van der Waals surface area (Å²) in [6.07, 6.45) is 0.899. The number of hydrogen-bond acceptors (Lipinski definition) is 4. The number of carbonyl (C=O) groups is 2. The lowest BCUT2D eigenvalue weighted by Crippen LogP contribution is -2.29. The van der Waals surface area contributed by atoms with E-state index in [0.717, 1.165) is 43.4 Å². The fourth-order valence-corrected chi connectivity index (χ4v) is 4.97. The van der Waals surface area contributed by atoms with Gasteiger partial charge in [0.25, 0.3) is 11.7 Å². The number of aliphatic hydroxyl groups is 1. The Morgan fingerprint density at radius 1 is 0.972 bits per heavy atom. The van der Waals surface area contributed by atoms with E-state index in [2.05, 4.69) is 4.98 Å². The molecule has 1 amide bonds. The van der Waals surface area contributed by atoms with E-state index in [1.807, 2.05) is 12.1 Å². The van der Waals surface area contributed by atoms with Gasteiger partial charge in [0.15, 0.2) is 0 Å². The van der Waals surface area contributed by atoms with Gasteiger partial charge in [0, 0.05) is 18.3 Å². The highest BCUT2D eigenvalue weighted by atomic mass is 19.4. The van der Waals surface area contributed by atoms with Crippen LogP contribution in [-0.2, 0) is 35.2 Å². The number of carbonyl (C=O) groups excluding carboxylic acids is 2. The van der Waals surface area contributed by atoms with Crippen molar-refractivity contribution in [1.29, 1.82) is 0 Å². The molecule has 3 aromatic rings. The molecule has 1 atom stereocenters. The lowest BCUT2D eigenvalue weighted by molar-refractivity contribution is -0.140. The van der Waals surface area contributed by atoms with Gasteiger partial charge in [-0.25, -0.2) is 0 Å². The first kappa shape index (κ1) is 23.8. The second kappa shape index (κ2) is 9.26. The molecule has 2 heterocycles. The normalized spacial score (nSPS) is 19.4. The van der Waals surface area contributed by atoms with E-state index in [9.17, 15) is 27.9 Å². The minimum absolute atomic E-state index is 0.124. The predicted octanol–water partition coefficient (Wildman–Crippen LogP) is 5.60. The molecule has 5 rings (SSSR count). The number of halogens is 3. The van der Waals surface area contributed by atoms with E-state index in [1.165, 1.54) is 28.8 Å². The summed E-state index contributed by atoms with van der Waals surface area (Å²) in [5.41, 5.74) is 2.29. The average molecular weight is 492 g/mol. The van der Waals surface area contributed by atoms with Gasteiger partial charge in [-0.2, -0.15) is 13.2 Å². The van der Waals surface area contributed by atoms with Crippen LogP contribution in [0.5, 0.6) is 0 Å². The molecular weight excluding hydrogens is 469 g/mol. The Hall–Kier alpha value is -3.94. The molecule has 1 aromatic heterocycles. The largest absolute Gasteiger partial charge is 0.507 e. The predicted molar refractivity (Wildman–Crippen MR) is 127 cm³/mol. The van der Waals surface area contributed by atoms with Gasteiger partial charge in [-0.1, -0.05) is 30.3 Å². The van der Waals surface area contributed by atoms with Gasteiger partial charge in [0.05, 0.1) is 16.8 Å². The number of nitrogens with zero attached hydrogens (tertiary/aromatic N) is 2. The average Bonchev–Trinajstić information content (AvgIpc) is 3.13. The summed E-state index contributed by atoms with van der Waals surface area (Å²) in [6.45, 7) is -0.253. The summed E-state index contributed by atoms with van der Waals surface area (Å²) in [4.78, 5) is 31.8. The fourth-order valence-electron chi connectivity index (χ4n) is 4.97. The highest BCUT2D eigenvalue weighted by Gasteiger charge is 2.47. The van der Waals surface area contributed by atoms with Crippen molar-refractivity contribution in [1.82, 2.24) is 9.88 Å². The molecule has 1 saturated heterocycles. The lowest BCUT2D eigenvalue weighted by atomic mass is 9.89. The molecule has 0 spiro atoms. The van der Waals surface area contributed by atoms with Gasteiger partial charge in [-0.3, -0.25) is 14.6 Å². The van der Waals surface area contributed by atoms with Crippen LogP contribution in [0.4, 0.5) is 13.2 Å². The number of likely N-dealkylation sites (tertiary alicyclic amines) is 1. The van der Waals surface area contributed by atoms with Crippen LogP contribution in [0.1, 0.15) is 52.4 Å². The number of rotatable bonds is 4. The second-order valence-corrected chi connectivity index (χ2v) is 9.07. The first-order valence-electron chi connectivity index (χ1n) is 11.7. The zero-order chi connectivity index (χ0) is 25.4. The molecule has 2 aromatic carbocycles. The van der Waals surface area contributed by atoms with Crippen LogP contribution in [-0.4, -0.2) is 26.7 Å². The van der Waals surface area contributed by atoms with Gasteiger partial charge in [-0.15, -0.1) is 0 Å². The third-order valence-corrected chi connectivity index (χ3v) is 6.74. The van der Waals surface area contributed by atoms with Crippen LogP contribution in [0.15, 0.2) is 72.4 Å². The van der Waals surface area contributed by atoms with Crippen molar-refractivity contribution in [3.63, 3.8) is 0 Å². The Kier molecular flexibility index (Phi) is 6.12. The highest BCUT2D eigenvalue weighted by Crippen LogP contribution is 2.40. The Balaban J connectivity index is 1.60. The molecule has 2 aliphatic rings. The molecular formula is C28H23F3N2O3. The van der Waals surface area contributed by atoms with Crippen LogP contribution in [0.25, 0.3) is 5.76 Å². The number of fused-ring (bicyclic) bond motifs is 1. The number of benzene rings is 2. The minimum atomic E-state index is -4.54. The molecule has 1 fully saturated rings. The van der Waals surface area contributed by atoms with E-state index >= 15 is 0 Å². The molecule has 0 radical (unpaired) electrons. The fraction of sp³-hybridized carbons (Fsp3) is 0.250.